The molecular weight excluding hydrogens is 240 g/mol. The third-order valence-corrected chi connectivity index (χ3v) is 2.68. The Hall–Kier alpha value is -1.80. The van der Waals surface area contributed by atoms with Crippen LogP contribution in [0.25, 0.3) is 0 Å². The van der Waals surface area contributed by atoms with E-state index in [9.17, 15) is 4.79 Å². The Morgan fingerprint density at radius 1 is 1.71 bits per heavy atom. The summed E-state index contributed by atoms with van der Waals surface area (Å²) in [6, 6.07) is 3.54. The number of amides is 1. The van der Waals surface area contributed by atoms with Crippen LogP contribution in [0.3, 0.4) is 0 Å². The zero-order valence-corrected chi connectivity index (χ0v) is 10.5. The van der Waals surface area contributed by atoms with Crippen molar-refractivity contribution in [1.82, 2.24) is 10.3 Å². The van der Waals surface area contributed by atoms with Crippen LogP contribution in [0.1, 0.15) is 12.0 Å². The number of halogens is 1. The number of hydrogen-bond donors (Lipinski definition) is 1. The van der Waals surface area contributed by atoms with Crippen LogP contribution in [0.4, 0.5) is 5.82 Å². The van der Waals surface area contributed by atoms with Gasteiger partial charge < -0.3 is 10.2 Å². The number of carbonyl (C=O) groups is 1. The molecule has 0 aliphatic carbocycles. The van der Waals surface area contributed by atoms with Gasteiger partial charge in [-0.25, -0.2) is 4.98 Å². The van der Waals surface area contributed by atoms with Crippen molar-refractivity contribution in [2.75, 3.05) is 25.5 Å². The second kappa shape index (κ2) is 6.06. The fourth-order valence-electron chi connectivity index (χ4n) is 1.29. The molecule has 90 valence electrons. The average molecular weight is 253 g/mol. The first kappa shape index (κ1) is 13.3. The predicted molar refractivity (Wildman–Crippen MR) is 65.9 cm³/mol. The van der Waals surface area contributed by atoms with E-state index in [2.05, 4.69) is 10.3 Å². The van der Waals surface area contributed by atoms with Gasteiger partial charge in [-0.05, 0) is 6.07 Å². The minimum absolute atomic E-state index is 0.0515. The molecule has 0 saturated carbocycles. The van der Waals surface area contributed by atoms with Gasteiger partial charge in [0.1, 0.15) is 16.9 Å². The summed E-state index contributed by atoms with van der Waals surface area (Å²) in [4.78, 5) is 17.0. The molecule has 1 aromatic heterocycles. The van der Waals surface area contributed by atoms with Crippen LogP contribution >= 0.6 is 11.6 Å². The van der Waals surface area contributed by atoms with Crippen LogP contribution < -0.4 is 10.2 Å². The lowest BCUT2D eigenvalue weighted by atomic mass is 10.2. The molecule has 1 N–H and O–H groups in total. The van der Waals surface area contributed by atoms with Crippen LogP contribution in [0.15, 0.2) is 12.3 Å². The third kappa shape index (κ3) is 3.33. The highest BCUT2D eigenvalue weighted by Gasteiger charge is 2.12. The molecule has 0 atom stereocenters. The zero-order valence-electron chi connectivity index (χ0n) is 9.70. The van der Waals surface area contributed by atoms with Crippen LogP contribution in [-0.2, 0) is 4.79 Å². The van der Waals surface area contributed by atoms with Crippen molar-refractivity contribution in [3.63, 3.8) is 0 Å². The number of aromatic nitrogens is 1. The number of pyridine rings is 1. The maximum absolute atomic E-state index is 11.1. The van der Waals surface area contributed by atoms with Gasteiger partial charge in [-0.2, -0.15) is 5.26 Å². The molecule has 0 spiro atoms. The van der Waals surface area contributed by atoms with Crippen molar-refractivity contribution in [1.29, 1.82) is 5.26 Å². The molecule has 0 aliphatic heterocycles. The minimum atomic E-state index is -0.0515. The Kier molecular flexibility index (Phi) is 4.73. The van der Waals surface area contributed by atoms with Crippen LogP contribution in [-0.4, -0.2) is 31.5 Å². The van der Waals surface area contributed by atoms with Crippen molar-refractivity contribution in [3.05, 3.63) is 22.8 Å². The summed E-state index contributed by atoms with van der Waals surface area (Å²) in [5.41, 5.74) is 0.378. The Labute approximate surface area is 105 Å². The average Bonchev–Trinajstić information content (AvgIpc) is 2.35. The molecule has 1 heterocycles. The first-order valence-corrected chi connectivity index (χ1v) is 5.44. The number of carbonyl (C=O) groups excluding carboxylic acids is 1. The fraction of sp³-hybridized carbons (Fsp3) is 0.364. The lowest BCUT2D eigenvalue weighted by molar-refractivity contribution is -0.120. The summed E-state index contributed by atoms with van der Waals surface area (Å²) in [6.07, 6.45) is 1.87. The lowest BCUT2D eigenvalue weighted by Gasteiger charge is -2.18. The normalized spacial score (nSPS) is 9.53. The van der Waals surface area contributed by atoms with Crippen LogP contribution in [0, 0.1) is 11.3 Å². The second-order valence-corrected chi connectivity index (χ2v) is 3.83. The van der Waals surface area contributed by atoms with Gasteiger partial charge in [-0.1, -0.05) is 11.6 Å². The van der Waals surface area contributed by atoms with Crippen molar-refractivity contribution in [2.45, 2.75) is 6.42 Å². The highest BCUT2D eigenvalue weighted by atomic mass is 35.5. The monoisotopic (exact) mass is 252 g/mol. The van der Waals surface area contributed by atoms with Gasteiger partial charge in [0.2, 0.25) is 5.91 Å². The zero-order chi connectivity index (χ0) is 12.8. The molecule has 1 aromatic rings. The fourth-order valence-corrected chi connectivity index (χ4v) is 1.58. The van der Waals surface area contributed by atoms with E-state index in [0.29, 0.717) is 29.4 Å². The third-order valence-electron chi connectivity index (χ3n) is 2.31. The molecule has 0 unspecified atom stereocenters. The maximum Gasteiger partial charge on any atom is 0.221 e. The van der Waals surface area contributed by atoms with E-state index in [1.165, 1.54) is 6.20 Å². The molecule has 1 amide bonds. The molecule has 1 rings (SSSR count). The molecule has 0 bridgehead atoms. The maximum atomic E-state index is 11.1. The second-order valence-electron chi connectivity index (χ2n) is 3.45. The van der Waals surface area contributed by atoms with Gasteiger partial charge in [0.15, 0.2) is 0 Å². The number of hydrogen-bond acceptors (Lipinski definition) is 4. The number of rotatable bonds is 4. The Morgan fingerprint density at radius 2 is 2.41 bits per heavy atom. The lowest BCUT2D eigenvalue weighted by Crippen LogP contribution is -2.27. The van der Waals surface area contributed by atoms with Gasteiger partial charge in [0, 0.05) is 33.3 Å². The predicted octanol–water partition coefficient (Wildman–Crippen LogP) is 1.18. The molecule has 0 radical (unpaired) electrons. The van der Waals surface area contributed by atoms with E-state index >= 15 is 0 Å². The van der Waals surface area contributed by atoms with Crippen LogP contribution in [0.2, 0.25) is 5.02 Å². The Balaban J connectivity index is 2.79. The van der Waals surface area contributed by atoms with Gasteiger partial charge in [0.25, 0.3) is 0 Å². The molecule has 17 heavy (non-hydrogen) atoms. The minimum Gasteiger partial charge on any atom is -0.359 e. The Morgan fingerprint density at radius 3 is 3.00 bits per heavy atom. The SMILES string of the molecule is CNC(=O)CCN(C)c1nccc(C#N)c1Cl. The van der Waals surface area contributed by atoms with Gasteiger partial charge >= 0.3 is 0 Å². The largest absolute Gasteiger partial charge is 0.359 e. The topological polar surface area (TPSA) is 69.0 Å². The molecule has 6 heteroatoms. The Bertz CT molecular complexity index is 455. The number of nitrogens with zero attached hydrogens (tertiary/aromatic N) is 3. The first-order chi connectivity index (χ1) is 8.10. The van der Waals surface area contributed by atoms with E-state index < -0.39 is 0 Å². The molecule has 5 nitrogen and oxygen atoms in total. The molecule has 0 aromatic carbocycles. The van der Waals surface area contributed by atoms with E-state index in [1.807, 2.05) is 6.07 Å². The van der Waals surface area contributed by atoms with Gasteiger partial charge in [0.05, 0.1) is 5.56 Å². The number of nitriles is 1. The summed E-state index contributed by atoms with van der Waals surface area (Å²) < 4.78 is 0. The van der Waals surface area contributed by atoms with Crippen molar-refractivity contribution < 1.29 is 4.79 Å². The molecule has 0 aliphatic rings. The van der Waals surface area contributed by atoms with Gasteiger partial charge in [-0.3, -0.25) is 4.79 Å². The summed E-state index contributed by atoms with van der Waals surface area (Å²) >= 11 is 6.03. The summed E-state index contributed by atoms with van der Waals surface area (Å²) in [5.74, 6) is 0.457. The molecule has 0 fully saturated rings. The van der Waals surface area contributed by atoms with Crippen molar-refractivity contribution >= 4 is 23.3 Å². The number of anilines is 1. The molecule has 0 saturated heterocycles. The summed E-state index contributed by atoms with van der Waals surface area (Å²) in [5, 5.41) is 11.7. The smallest absolute Gasteiger partial charge is 0.221 e. The quantitative estimate of drug-likeness (QED) is 0.874. The highest BCUT2D eigenvalue weighted by Crippen LogP contribution is 2.25. The standard InChI is InChI=1S/C11H13ClN4O/c1-14-9(17)4-6-16(2)11-10(12)8(7-13)3-5-15-11/h3,5H,4,6H2,1-2H3,(H,14,17). The van der Waals surface area contributed by atoms with Gasteiger partial charge in [-0.15, -0.1) is 0 Å². The summed E-state index contributed by atoms with van der Waals surface area (Å²) in [7, 11) is 3.36. The van der Waals surface area contributed by atoms with E-state index in [4.69, 9.17) is 16.9 Å². The summed E-state index contributed by atoms with van der Waals surface area (Å²) in [6.45, 7) is 0.487. The van der Waals surface area contributed by atoms with E-state index in [0.717, 1.165) is 0 Å². The number of nitrogens with one attached hydrogen (secondary N) is 1. The van der Waals surface area contributed by atoms with E-state index in [-0.39, 0.29) is 5.91 Å². The first-order valence-electron chi connectivity index (χ1n) is 5.06. The van der Waals surface area contributed by atoms with E-state index in [1.54, 1.807) is 25.1 Å². The highest BCUT2D eigenvalue weighted by molar-refractivity contribution is 6.34. The van der Waals surface area contributed by atoms with Crippen molar-refractivity contribution in [2.24, 2.45) is 0 Å². The van der Waals surface area contributed by atoms with Crippen LogP contribution in [0.5, 0.6) is 0 Å². The molecular formula is C11H13ClN4O. The van der Waals surface area contributed by atoms with Crippen molar-refractivity contribution in [3.8, 4) is 6.07 Å².